The summed E-state index contributed by atoms with van der Waals surface area (Å²) in [5.41, 5.74) is 4.81. The van der Waals surface area contributed by atoms with Gasteiger partial charge in [-0.05, 0) is 36.3 Å². The second-order valence-corrected chi connectivity index (χ2v) is 5.87. The molecule has 0 aromatic heterocycles. The quantitative estimate of drug-likeness (QED) is 0.717. The molecule has 1 unspecified atom stereocenters. The van der Waals surface area contributed by atoms with Crippen LogP contribution in [0, 0.1) is 0 Å². The van der Waals surface area contributed by atoms with E-state index in [9.17, 15) is 0 Å². The van der Waals surface area contributed by atoms with E-state index in [1.54, 1.807) is 6.08 Å². The highest BCUT2D eigenvalue weighted by Gasteiger charge is 2.06. The number of likely N-dealkylation sites (N-methyl/N-ethyl adjacent to an activating group) is 1. The van der Waals surface area contributed by atoms with E-state index < -0.39 is 0 Å². The molecule has 1 heterocycles. The van der Waals surface area contributed by atoms with E-state index in [2.05, 4.69) is 86.9 Å². The smallest absolute Gasteiger partial charge is 0.106 e. The molecule has 0 radical (unpaired) electrons. The summed E-state index contributed by atoms with van der Waals surface area (Å²) in [6, 6.07) is 8.60. The summed E-state index contributed by atoms with van der Waals surface area (Å²) in [5, 5.41) is 0. The fourth-order valence-electron chi connectivity index (χ4n) is 2.57. The van der Waals surface area contributed by atoms with E-state index in [1.165, 1.54) is 21.7 Å². The van der Waals surface area contributed by atoms with Gasteiger partial charge in [0.1, 0.15) is 6.20 Å². The van der Waals surface area contributed by atoms with E-state index in [-0.39, 0.29) is 0 Å². The van der Waals surface area contributed by atoms with Crippen molar-refractivity contribution in [2.45, 2.75) is 6.92 Å². The molecular weight excluding hydrogens is 292 g/mol. The van der Waals surface area contributed by atoms with Crippen molar-refractivity contribution in [1.82, 2.24) is 0 Å². The minimum atomic E-state index is 0.817. The standard InChI is InChI=1S/C22H26N2/c1-5-8-19(6-2)17-23(4)22-13-11-20(12-14-22)9-10-21-15-16-24(7-3)18-21/h5-6,8-16,18H,1-2,7,17H2,3-4H3/p+1/b10-9+,19-8+. The first-order valence-electron chi connectivity index (χ1n) is 8.35. The average Bonchev–Trinajstić information content (AvgIpc) is 3.08. The molecule has 0 bridgehead atoms. The highest BCUT2D eigenvalue weighted by molar-refractivity contribution is 5.59. The number of quaternary nitrogens is 1. The van der Waals surface area contributed by atoms with Gasteiger partial charge in [0.2, 0.25) is 0 Å². The zero-order valence-corrected chi connectivity index (χ0v) is 14.7. The van der Waals surface area contributed by atoms with Crippen molar-refractivity contribution in [3.63, 3.8) is 0 Å². The highest BCUT2D eigenvalue weighted by atomic mass is 15.1. The van der Waals surface area contributed by atoms with Crippen molar-refractivity contribution >= 4 is 11.8 Å². The summed E-state index contributed by atoms with van der Waals surface area (Å²) in [7, 11) is 2.08. The lowest BCUT2D eigenvalue weighted by Crippen LogP contribution is -3.01. The lowest BCUT2D eigenvalue weighted by Gasteiger charge is -2.20. The van der Waals surface area contributed by atoms with E-state index in [0.717, 1.165) is 18.7 Å². The maximum absolute atomic E-state index is 3.85. The summed E-state index contributed by atoms with van der Waals surface area (Å²) >= 11 is 0. The largest absolute Gasteiger partial charge is 0.370 e. The molecule has 1 aliphatic rings. The van der Waals surface area contributed by atoms with Crippen molar-refractivity contribution in [2.75, 3.05) is 25.0 Å². The van der Waals surface area contributed by atoms with Crippen molar-refractivity contribution in [3.05, 3.63) is 96.9 Å². The van der Waals surface area contributed by atoms with Crippen LogP contribution in [0.2, 0.25) is 0 Å². The molecule has 24 heavy (non-hydrogen) atoms. The molecular formula is C22H27N2+. The van der Waals surface area contributed by atoms with Crippen LogP contribution in [0.1, 0.15) is 12.5 Å². The highest BCUT2D eigenvalue weighted by Crippen LogP contribution is 2.17. The Morgan fingerprint density at radius 3 is 2.50 bits per heavy atom. The minimum absolute atomic E-state index is 0.817. The third kappa shape index (κ3) is 4.97. The molecule has 1 atom stereocenters. The molecule has 1 aromatic carbocycles. The van der Waals surface area contributed by atoms with Gasteiger partial charge in [-0.25, -0.2) is 0 Å². The number of rotatable bonds is 8. The van der Waals surface area contributed by atoms with Crippen molar-refractivity contribution in [2.24, 2.45) is 0 Å². The van der Waals surface area contributed by atoms with Crippen LogP contribution in [0.25, 0.3) is 6.08 Å². The number of allylic oxidation sites excluding steroid dienone is 5. The zero-order valence-electron chi connectivity index (χ0n) is 14.7. The van der Waals surface area contributed by atoms with E-state index in [4.69, 9.17) is 0 Å². The number of hydrogen-bond donors (Lipinski definition) is 1. The number of anilines is 1. The second-order valence-electron chi connectivity index (χ2n) is 5.87. The van der Waals surface area contributed by atoms with Crippen LogP contribution in [-0.2, 0) is 0 Å². The summed E-state index contributed by atoms with van der Waals surface area (Å²) < 4.78 is 0. The average molecular weight is 319 g/mol. The molecule has 0 amide bonds. The fourth-order valence-corrected chi connectivity index (χ4v) is 2.57. The number of nitrogens with zero attached hydrogens (tertiary/aromatic N) is 1. The molecule has 0 saturated carbocycles. The lowest BCUT2D eigenvalue weighted by molar-refractivity contribution is -0.785. The third-order valence-corrected chi connectivity index (χ3v) is 4.07. The van der Waals surface area contributed by atoms with Crippen molar-refractivity contribution in [1.29, 1.82) is 0 Å². The Hall–Kier alpha value is -2.58. The zero-order chi connectivity index (χ0) is 17.4. The predicted octanol–water partition coefficient (Wildman–Crippen LogP) is 3.75. The number of nitrogens with one attached hydrogen (secondary N) is 1. The normalized spacial score (nSPS) is 17.2. The van der Waals surface area contributed by atoms with Gasteiger partial charge in [-0.1, -0.05) is 49.6 Å². The molecule has 1 aliphatic heterocycles. The van der Waals surface area contributed by atoms with Gasteiger partial charge in [-0.3, -0.25) is 4.90 Å². The molecule has 0 fully saturated rings. The van der Waals surface area contributed by atoms with Crippen molar-refractivity contribution in [3.8, 4) is 0 Å². The minimum Gasteiger partial charge on any atom is -0.370 e. The molecule has 0 aliphatic carbocycles. The summed E-state index contributed by atoms with van der Waals surface area (Å²) in [5.74, 6) is 0. The molecule has 2 nitrogen and oxygen atoms in total. The van der Waals surface area contributed by atoms with Crippen LogP contribution in [-0.4, -0.2) is 20.1 Å². The molecule has 1 aromatic rings. The number of hydrogen-bond acceptors (Lipinski definition) is 1. The van der Waals surface area contributed by atoms with E-state index in [1.807, 2.05) is 12.2 Å². The van der Waals surface area contributed by atoms with Crippen LogP contribution in [0.3, 0.4) is 0 Å². The Kier molecular flexibility index (Phi) is 6.59. The Labute approximate surface area is 146 Å². The molecule has 0 spiro atoms. The van der Waals surface area contributed by atoms with Crippen LogP contribution in [0.4, 0.5) is 5.69 Å². The van der Waals surface area contributed by atoms with Gasteiger partial charge < -0.3 is 4.90 Å². The Balaban J connectivity index is 2.00. The first-order valence-corrected chi connectivity index (χ1v) is 8.35. The van der Waals surface area contributed by atoms with Crippen LogP contribution in [0.15, 0.2) is 91.3 Å². The number of benzene rings is 1. The molecule has 2 rings (SSSR count). The van der Waals surface area contributed by atoms with Gasteiger partial charge in [0, 0.05) is 30.9 Å². The maximum Gasteiger partial charge on any atom is 0.106 e. The molecule has 0 saturated heterocycles. The first kappa shape index (κ1) is 17.8. The van der Waals surface area contributed by atoms with Gasteiger partial charge in [0.05, 0.1) is 12.7 Å². The van der Waals surface area contributed by atoms with E-state index in [0.29, 0.717) is 0 Å². The second kappa shape index (κ2) is 8.90. The molecule has 1 N–H and O–H groups in total. The molecule has 2 heteroatoms. The summed E-state index contributed by atoms with van der Waals surface area (Å²) in [6.07, 6.45) is 16.6. The van der Waals surface area contributed by atoms with Gasteiger partial charge in [-0.2, -0.15) is 0 Å². The van der Waals surface area contributed by atoms with Gasteiger partial charge in [0.25, 0.3) is 0 Å². The monoisotopic (exact) mass is 319 g/mol. The Bertz CT molecular complexity index is 687. The van der Waals surface area contributed by atoms with Crippen LogP contribution < -0.4 is 9.80 Å². The van der Waals surface area contributed by atoms with Crippen molar-refractivity contribution < 1.29 is 4.90 Å². The topological polar surface area (TPSA) is 7.68 Å². The maximum atomic E-state index is 3.85. The predicted molar refractivity (Wildman–Crippen MR) is 106 cm³/mol. The first-order chi connectivity index (χ1) is 11.7. The Morgan fingerprint density at radius 2 is 1.92 bits per heavy atom. The summed E-state index contributed by atoms with van der Waals surface area (Å²) in [6.45, 7) is 11.7. The fraction of sp³-hybridized carbons (Fsp3) is 0.182. The van der Waals surface area contributed by atoms with Gasteiger partial charge >= 0.3 is 0 Å². The van der Waals surface area contributed by atoms with Crippen LogP contribution in [0.5, 0.6) is 0 Å². The lowest BCUT2D eigenvalue weighted by atomic mass is 10.1. The van der Waals surface area contributed by atoms with E-state index >= 15 is 0 Å². The summed E-state index contributed by atoms with van der Waals surface area (Å²) in [4.78, 5) is 3.59. The molecule has 124 valence electrons. The third-order valence-electron chi connectivity index (χ3n) is 4.07. The SMILES string of the molecule is C=C/C=C(\C=C)CN(C)c1ccc(/C=C/C2=C[NH+](CC)C=C2)cc1. The Morgan fingerprint density at radius 1 is 1.17 bits per heavy atom. The van der Waals surface area contributed by atoms with Gasteiger partial charge in [0.15, 0.2) is 0 Å². The van der Waals surface area contributed by atoms with Gasteiger partial charge in [-0.15, -0.1) is 0 Å². The van der Waals surface area contributed by atoms with Crippen LogP contribution >= 0.6 is 0 Å².